The number of aromatic amines is 1. The van der Waals surface area contributed by atoms with Crippen LogP contribution in [0, 0.1) is 31.4 Å². The fourth-order valence-corrected chi connectivity index (χ4v) is 5.75. The summed E-state index contributed by atoms with van der Waals surface area (Å²) in [4.78, 5) is 23.1. The van der Waals surface area contributed by atoms with Gasteiger partial charge in [0.05, 0.1) is 35.0 Å². The second-order valence-corrected chi connectivity index (χ2v) is 11.7. The number of halogens is 3. The number of aryl methyl sites for hydroxylation is 2. The lowest BCUT2D eigenvalue weighted by Crippen LogP contribution is -2.16. The first kappa shape index (κ1) is 29.4. The number of fused-ring (bicyclic) bond motifs is 1. The van der Waals surface area contributed by atoms with E-state index in [0.29, 0.717) is 16.8 Å². The quantitative estimate of drug-likeness (QED) is 0.145. The molecule has 0 spiro atoms. The first-order valence-corrected chi connectivity index (χ1v) is 14.6. The maximum Gasteiger partial charge on any atom is 0.266 e. The van der Waals surface area contributed by atoms with Crippen molar-refractivity contribution in [3.63, 3.8) is 0 Å². The Morgan fingerprint density at radius 1 is 0.978 bits per heavy atom. The van der Waals surface area contributed by atoms with E-state index in [1.165, 1.54) is 48.3 Å². The number of anilines is 2. The molecule has 2 aromatic carbocycles. The Hall–Kier alpha value is -5.70. The van der Waals surface area contributed by atoms with Gasteiger partial charge in [-0.2, -0.15) is 9.49 Å². The van der Waals surface area contributed by atoms with E-state index >= 15 is 0 Å². The molecule has 6 aromatic rings. The number of benzene rings is 2. The summed E-state index contributed by atoms with van der Waals surface area (Å²) in [7, 11) is -4.53. The van der Waals surface area contributed by atoms with Crippen LogP contribution < -0.4 is 15.2 Å². The van der Waals surface area contributed by atoms with Gasteiger partial charge in [0, 0.05) is 23.2 Å². The molecule has 45 heavy (non-hydrogen) atoms. The summed E-state index contributed by atoms with van der Waals surface area (Å²) in [5.74, 6) is -3.19. The third-order valence-electron chi connectivity index (χ3n) is 6.82. The Morgan fingerprint density at radius 2 is 1.76 bits per heavy atom. The molecule has 228 valence electrons. The Kier molecular flexibility index (Phi) is 7.24. The van der Waals surface area contributed by atoms with Gasteiger partial charge in [-0.25, -0.2) is 31.8 Å². The zero-order valence-corrected chi connectivity index (χ0v) is 24.3. The van der Waals surface area contributed by atoms with Crippen molar-refractivity contribution in [3.8, 4) is 17.3 Å². The molecule has 0 unspecified atom stereocenters. The van der Waals surface area contributed by atoms with Gasteiger partial charge in [-0.3, -0.25) is 9.52 Å². The molecular weight excluding hydrogens is 611 g/mol. The van der Waals surface area contributed by atoms with E-state index in [0.717, 1.165) is 24.4 Å². The molecule has 0 radical (unpaired) electrons. The van der Waals surface area contributed by atoms with Gasteiger partial charge in [-0.05, 0) is 61.4 Å². The number of nitrogens with zero attached hydrogens (tertiary/aromatic N) is 4. The standard InChI is InChI=1S/C30H22F3N7O4S/c1-15-7-26(29(33)36-12-15)45(42,43)39-22-11-21-17(9-20(22)32)10-23(38-21)28(41)18-13-37-40(30(18)34)24-14-35-27(8-16(24)2)44-25-6-4-3-5-19(25)31/h3-14,38-39H,34H2,1-2H3. The van der Waals surface area contributed by atoms with Gasteiger partial charge < -0.3 is 15.5 Å². The molecule has 0 aliphatic carbocycles. The fourth-order valence-electron chi connectivity index (χ4n) is 4.58. The Bertz CT molecular complexity index is 2250. The number of hydrogen-bond acceptors (Lipinski definition) is 8. The van der Waals surface area contributed by atoms with E-state index in [-0.39, 0.29) is 39.6 Å². The second-order valence-electron chi connectivity index (χ2n) is 10.0. The number of nitrogens with two attached hydrogens (primary N) is 1. The van der Waals surface area contributed by atoms with Gasteiger partial charge in [0.25, 0.3) is 10.0 Å². The van der Waals surface area contributed by atoms with Crippen molar-refractivity contribution in [1.82, 2.24) is 24.7 Å². The van der Waals surface area contributed by atoms with Gasteiger partial charge in [0.1, 0.15) is 16.5 Å². The van der Waals surface area contributed by atoms with E-state index in [2.05, 4.69) is 20.1 Å². The molecular formula is C30H22F3N7O4S. The van der Waals surface area contributed by atoms with E-state index < -0.39 is 44.0 Å². The summed E-state index contributed by atoms with van der Waals surface area (Å²) < 4.78 is 77.5. The Morgan fingerprint density at radius 3 is 2.51 bits per heavy atom. The summed E-state index contributed by atoms with van der Waals surface area (Å²) >= 11 is 0. The lowest BCUT2D eigenvalue weighted by molar-refractivity contribution is 0.103. The number of ketones is 1. The van der Waals surface area contributed by atoms with Crippen molar-refractivity contribution >= 4 is 38.2 Å². The number of carbonyl (C=O) groups excluding carboxylic acids is 1. The maximum atomic E-state index is 14.9. The van der Waals surface area contributed by atoms with Gasteiger partial charge in [-0.15, -0.1) is 0 Å². The molecule has 4 N–H and O–H groups in total. The molecule has 0 aliphatic rings. The van der Waals surface area contributed by atoms with Gasteiger partial charge >= 0.3 is 0 Å². The highest BCUT2D eigenvalue weighted by Crippen LogP contribution is 2.30. The first-order valence-electron chi connectivity index (χ1n) is 13.2. The molecule has 4 aromatic heterocycles. The number of sulfonamides is 1. The molecule has 0 saturated carbocycles. The van der Waals surface area contributed by atoms with E-state index in [1.54, 1.807) is 19.1 Å². The van der Waals surface area contributed by atoms with Crippen molar-refractivity contribution in [1.29, 1.82) is 0 Å². The third-order valence-corrected chi connectivity index (χ3v) is 8.17. The average molecular weight is 634 g/mol. The van der Waals surface area contributed by atoms with Crippen LogP contribution in [-0.4, -0.2) is 38.9 Å². The van der Waals surface area contributed by atoms with Crippen molar-refractivity contribution in [3.05, 3.63) is 113 Å². The number of pyridine rings is 2. The number of H-pyrrole nitrogens is 1. The van der Waals surface area contributed by atoms with Gasteiger partial charge in [0.15, 0.2) is 11.6 Å². The molecule has 6 rings (SSSR count). The largest absolute Gasteiger partial charge is 0.436 e. The summed E-state index contributed by atoms with van der Waals surface area (Å²) in [6, 6.07) is 12.1. The number of para-hydroxylation sites is 1. The monoisotopic (exact) mass is 633 g/mol. The van der Waals surface area contributed by atoms with Crippen molar-refractivity contribution in [2.24, 2.45) is 0 Å². The molecule has 0 amide bonds. The summed E-state index contributed by atoms with van der Waals surface area (Å²) in [6.45, 7) is 3.26. The van der Waals surface area contributed by atoms with Crippen LogP contribution in [0.4, 0.5) is 24.7 Å². The SMILES string of the molecule is Cc1cnc(F)c(S(=O)(=O)Nc2cc3[nH]c(C(=O)c4cnn(-c5cnc(Oc6ccccc6F)cc5C)c4N)cc3cc2F)c1. The Balaban J connectivity index is 1.26. The number of nitrogens with one attached hydrogen (secondary N) is 2. The first-order chi connectivity index (χ1) is 21.4. The van der Waals surface area contributed by atoms with Crippen LogP contribution in [0.25, 0.3) is 16.6 Å². The topological polar surface area (TPSA) is 158 Å². The minimum atomic E-state index is -4.53. The lowest BCUT2D eigenvalue weighted by atomic mass is 10.1. The smallest absolute Gasteiger partial charge is 0.266 e. The van der Waals surface area contributed by atoms with E-state index in [9.17, 15) is 26.4 Å². The van der Waals surface area contributed by atoms with Crippen molar-refractivity contribution in [2.45, 2.75) is 18.7 Å². The Labute approximate surface area is 253 Å². The molecule has 11 nitrogen and oxygen atoms in total. The summed E-state index contributed by atoms with van der Waals surface area (Å²) in [5.41, 5.74) is 7.53. The van der Waals surface area contributed by atoms with E-state index in [4.69, 9.17) is 10.5 Å². The summed E-state index contributed by atoms with van der Waals surface area (Å²) in [6.07, 6.45) is 3.83. The molecule has 4 heterocycles. The molecule has 0 aliphatic heterocycles. The van der Waals surface area contributed by atoms with Gasteiger partial charge in [0.2, 0.25) is 17.6 Å². The van der Waals surface area contributed by atoms with Crippen LogP contribution >= 0.6 is 0 Å². The van der Waals surface area contributed by atoms with Crippen LogP contribution in [0.3, 0.4) is 0 Å². The predicted octanol–water partition coefficient (Wildman–Crippen LogP) is 5.58. The predicted molar refractivity (Wildman–Crippen MR) is 158 cm³/mol. The number of rotatable bonds is 8. The molecule has 0 fully saturated rings. The van der Waals surface area contributed by atoms with Gasteiger partial charge in [-0.1, -0.05) is 12.1 Å². The number of hydrogen-bond donors (Lipinski definition) is 3. The highest BCUT2D eigenvalue weighted by molar-refractivity contribution is 7.92. The molecule has 15 heteroatoms. The van der Waals surface area contributed by atoms with Crippen LogP contribution in [-0.2, 0) is 10.0 Å². The minimum absolute atomic E-state index is 0.00357. The second kappa shape index (κ2) is 11.1. The fraction of sp³-hybridized carbons (Fsp3) is 0.0667. The highest BCUT2D eigenvalue weighted by Gasteiger charge is 2.24. The zero-order valence-electron chi connectivity index (χ0n) is 23.5. The van der Waals surface area contributed by atoms with Crippen molar-refractivity contribution < 1.29 is 31.1 Å². The minimum Gasteiger partial charge on any atom is -0.436 e. The number of ether oxygens (including phenoxy) is 1. The van der Waals surface area contributed by atoms with Crippen LogP contribution in [0.5, 0.6) is 11.6 Å². The average Bonchev–Trinajstić information content (AvgIpc) is 3.58. The normalized spacial score (nSPS) is 11.6. The number of nitrogen functional groups attached to an aromatic ring is 1. The zero-order chi connectivity index (χ0) is 32.0. The van der Waals surface area contributed by atoms with Crippen molar-refractivity contribution in [2.75, 3.05) is 10.5 Å². The summed E-state index contributed by atoms with van der Waals surface area (Å²) in [5, 5.41) is 4.49. The number of aromatic nitrogens is 5. The lowest BCUT2D eigenvalue weighted by Gasteiger charge is -2.11. The highest BCUT2D eigenvalue weighted by atomic mass is 32.2. The third kappa shape index (κ3) is 5.56. The molecule has 0 atom stereocenters. The number of carbonyl (C=O) groups is 1. The van der Waals surface area contributed by atoms with Crippen LogP contribution in [0.2, 0.25) is 0 Å². The maximum absolute atomic E-state index is 14.9. The molecule has 0 bridgehead atoms. The van der Waals surface area contributed by atoms with Crippen LogP contribution in [0.1, 0.15) is 27.2 Å². The van der Waals surface area contributed by atoms with E-state index in [1.807, 2.05) is 4.72 Å². The van der Waals surface area contributed by atoms with Crippen LogP contribution in [0.15, 0.2) is 78.1 Å². The molecule has 0 saturated heterocycles.